The molecule has 1 saturated heterocycles. The Morgan fingerprint density at radius 2 is 1.81 bits per heavy atom. The van der Waals surface area contributed by atoms with Crippen molar-refractivity contribution in [2.24, 2.45) is 0 Å². The Morgan fingerprint density at radius 1 is 1.15 bits per heavy atom. The van der Waals surface area contributed by atoms with Gasteiger partial charge in [0.05, 0.1) is 12.2 Å². The zero-order chi connectivity index (χ0) is 19.4. The highest BCUT2D eigenvalue weighted by Gasteiger charge is 2.63. The van der Waals surface area contributed by atoms with Gasteiger partial charge in [0.2, 0.25) is 5.91 Å². The van der Waals surface area contributed by atoms with Gasteiger partial charge in [-0.15, -0.1) is 11.8 Å². The van der Waals surface area contributed by atoms with Crippen molar-refractivity contribution >= 4 is 29.3 Å². The average molecular weight is 384 g/mol. The standard InChI is InChI=1S/C21H21FN2O2S/c1-14(25)24-13-20(2,3)27-21(24)17-6-4-5-7-18(17)23(19(21)26)12-15-8-10-16(22)11-9-15/h4-11H,12-13H2,1-3H3/t21-/m0/s1. The maximum Gasteiger partial charge on any atom is 0.268 e. The lowest BCUT2D eigenvalue weighted by Gasteiger charge is -2.32. The number of benzene rings is 2. The van der Waals surface area contributed by atoms with Crippen molar-refractivity contribution in [3.8, 4) is 0 Å². The van der Waals surface area contributed by atoms with Crippen LogP contribution in [0.3, 0.4) is 0 Å². The molecule has 6 heteroatoms. The van der Waals surface area contributed by atoms with E-state index in [2.05, 4.69) is 13.8 Å². The summed E-state index contributed by atoms with van der Waals surface area (Å²) in [5, 5.41) is 0. The summed E-state index contributed by atoms with van der Waals surface area (Å²) in [5.74, 6) is -0.530. The van der Waals surface area contributed by atoms with Gasteiger partial charge in [-0.25, -0.2) is 4.39 Å². The van der Waals surface area contributed by atoms with Crippen molar-refractivity contribution in [3.05, 3.63) is 65.5 Å². The largest absolute Gasteiger partial charge is 0.315 e. The molecule has 0 bridgehead atoms. The molecule has 0 N–H and O–H groups in total. The van der Waals surface area contributed by atoms with Crippen LogP contribution in [0.1, 0.15) is 31.9 Å². The number of carbonyl (C=O) groups excluding carboxylic acids is 2. The molecule has 4 rings (SSSR count). The fourth-order valence-electron chi connectivity index (χ4n) is 4.00. The van der Waals surface area contributed by atoms with Crippen molar-refractivity contribution in [3.63, 3.8) is 0 Å². The van der Waals surface area contributed by atoms with E-state index >= 15 is 0 Å². The van der Waals surface area contributed by atoms with Crippen LogP contribution in [0.15, 0.2) is 48.5 Å². The monoisotopic (exact) mass is 384 g/mol. The highest BCUT2D eigenvalue weighted by molar-refractivity contribution is 8.02. The van der Waals surface area contributed by atoms with Gasteiger partial charge in [-0.3, -0.25) is 9.59 Å². The highest BCUT2D eigenvalue weighted by atomic mass is 32.2. The Labute approximate surface area is 162 Å². The van der Waals surface area contributed by atoms with Gasteiger partial charge in [0.1, 0.15) is 5.82 Å². The first kappa shape index (κ1) is 18.0. The van der Waals surface area contributed by atoms with Crippen molar-refractivity contribution in [2.45, 2.75) is 36.9 Å². The molecule has 1 fully saturated rings. The SMILES string of the molecule is CC(=O)N1CC(C)(C)S[C@@]12C(=O)N(Cc1ccc(F)cc1)c1ccccc12. The van der Waals surface area contributed by atoms with Crippen molar-refractivity contribution in [2.75, 3.05) is 11.4 Å². The summed E-state index contributed by atoms with van der Waals surface area (Å²) in [6, 6.07) is 13.8. The van der Waals surface area contributed by atoms with Crippen LogP contribution in [0.5, 0.6) is 0 Å². The lowest BCUT2D eigenvalue weighted by Crippen LogP contribution is -2.49. The van der Waals surface area contributed by atoms with E-state index in [0.29, 0.717) is 13.1 Å². The Balaban J connectivity index is 1.82. The van der Waals surface area contributed by atoms with Crippen LogP contribution < -0.4 is 4.90 Å². The van der Waals surface area contributed by atoms with Crippen LogP contribution in [0.2, 0.25) is 0 Å². The lowest BCUT2D eigenvalue weighted by atomic mass is 10.0. The molecule has 27 heavy (non-hydrogen) atoms. The van der Waals surface area contributed by atoms with E-state index in [1.54, 1.807) is 21.9 Å². The molecular formula is C21H21FN2O2S. The van der Waals surface area contributed by atoms with E-state index in [1.807, 2.05) is 24.3 Å². The molecule has 0 aromatic heterocycles. The average Bonchev–Trinajstić information content (AvgIpc) is 3.04. The predicted molar refractivity (Wildman–Crippen MR) is 105 cm³/mol. The van der Waals surface area contributed by atoms with Crippen LogP contribution in [0, 0.1) is 5.82 Å². The Kier molecular flexibility index (Phi) is 4.07. The Hall–Kier alpha value is -2.34. The number of para-hydroxylation sites is 1. The molecular weight excluding hydrogens is 363 g/mol. The number of fused-ring (bicyclic) bond motifs is 2. The second-order valence-corrected chi connectivity index (χ2v) is 9.55. The van der Waals surface area contributed by atoms with E-state index in [-0.39, 0.29) is 22.4 Å². The van der Waals surface area contributed by atoms with E-state index in [1.165, 1.54) is 30.8 Å². The van der Waals surface area contributed by atoms with E-state index in [4.69, 9.17) is 0 Å². The fourth-order valence-corrected chi connectivity index (χ4v) is 5.78. The van der Waals surface area contributed by atoms with Crippen molar-refractivity contribution in [1.82, 2.24) is 4.90 Å². The number of halogens is 1. The second-order valence-electron chi connectivity index (χ2n) is 7.65. The van der Waals surface area contributed by atoms with Crippen LogP contribution in [-0.2, 0) is 21.0 Å². The molecule has 1 atom stereocenters. The summed E-state index contributed by atoms with van der Waals surface area (Å²) in [6.07, 6.45) is 0. The van der Waals surface area contributed by atoms with Crippen LogP contribution in [-0.4, -0.2) is 28.0 Å². The molecule has 2 aromatic carbocycles. The molecule has 140 valence electrons. The number of hydrogen-bond acceptors (Lipinski definition) is 3. The van der Waals surface area contributed by atoms with Gasteiger partial charge in [-0.05, 0) is 37.6 Å². The molecule has 2 aliphatic rings. The summed E-state index contributed by atoms with van der Waals surface area (Å²) in [5.41, 5.74) is 2.50. The van der Waals surface area contributed by atoms with Gasteiger partial charge < -0.3 is 9.80 Å². The van der Waals surface area contributed by atoms with Crippen molar-refractivity contribution < 1.29 is 14.0 Å². The summed E-state index contributed by atoms with van der Waals surface area (Å²) < 4.78 is 13.0. The lowest BCUT2D eigenvalue weighted by molar-refractivity contribution is -0.138. The number of carbonyl (C=O) groups is 2. The van der Waals surface area contributed by atoms with Gasteiger partial charge in [0.25, 0.3) is 5.91 Å². The molecule has 2 aromatic rings. The minimum Gasteiger partial charge on any atom is -0.315 e. The number of rotatable bonds is 2. The van der Waals surface area contributed by atoms with Crippen LogP contribution in [0.25, 0.3) is 0 Å². The molecule has 0 aliphatic carbocycles. The zero-order valence-electron chi connectivity index (χ0n) is 15.5. The highest BCUT2D eigenvalue weighted by Crippen LogP contribution is 2.59. The number of amides is 2. The minimum atomic E-state index is -1.04. The Bertz CT molecular complexity index is 928. The van der Waals surface area contributed by atoms with Crippen LogP contribution in [0.4, 0.5) is 10.1 Å². The van der Waals surface area contributed by atoms with Crippen molar-refractivity contribution in [1.29, 1.82) is 0 Å². The van der Waals surface area contributed by atoms with E-state index in [0.717, 1.165) is 16.8 Å². The fraction of sp³-hybridized carbons (Fsp3) is 0.333. The molecule has 2 amide bonds. The normalized spacial score (nSPS) is 23.2. The van der Waals surface area contributed by atoms with Gasteiger partial charge in [-0.1, -0.05) is 30.3 Å². The van der Waals surface area contributed by atoms with Gasteiger partial charge >= 0.3 is 0 Å². The van der Waals surface area contributed by atoms with Gasteiger partial charge in [-0.2, -0.15) is 0 Å². The molecule has 2 aliphatic heterocycles. The molecule has 0 unspecified atom stereocenters. The zero-order valence-corrected chi connectivity index (χ0v) is 16.3. The Morgan fingerprint density at radius 3 is 2.48 bits per heavy atom. The summed E-state index contributed by atoms with van der Waals surface area (Å²) >= 11 is 1.54. The number of nitrogens with zero attached hydrogens (tertiary/aromatic N) is 2. The first-order chi connectivity index (χ1) is 12.7. The third kappa shape index (κ3) is 2.74. The first-order valence-electron chi connectivity index (χ1n) is 8.89. The number of anilines is 1. The molecule has 0 radical (unpaired) electrons. The first-order valence-corrected chi connectivity index (χ1v) is 9.70. The maximum atomic E-state index is 13.7. The van der Waals surface area contributed by atoms with E-state index < -0.39 is 4.87 Å². The maximum absolute atomic E-state index is 13.7. The third-order valence-corrected chi connectivity index (χ3v) is 6.66. The minimum absolute atomic E-state index is 0.111. The van der Waals surface area contributed by atoms with Crippen LogP contribution >= 0.6 is 11.8 Å². The number of thioether (sulfide) groups is 1. The topological polar surface area (TPSA) is 40.6 Å². The molecule has 0 saturated carbocycles. The molecule has 4 nitrogen and oxygen atoms in total. The molecule has 1 spiro atoms. The smallest absolute Gasteiger partial charge is 0.268 e. The van der Waals surface area contributed by atoms with Gasteiger partial charge in [0.15, 0.2) is 4.87 Å². The van der Waals surface area contributed by atoms with E-state index in [9.17, 15) is 14.0 Å². The molecule has 2 heterocycles. The summed E-state index contributed by atoms with van der Waals surface area (Å²) in [4.78, 5) is 28.5. The third-order valence-electron chi connectivity index (χ3n) is 5.07. The summed E-state index contributed by atoms with van der Waals surface area (Å²) in [7, 11) is 0. The summed E-state index contributed by atoms with van der Waals surface area (Å²) in [6.45, 7) is 6.48. The quantitative estimate of drug-likeness (QED) is 0.789. The second kappa shape index (κ2) is 6.09. The number of hydrogen-bond donors (Lipinski definition) is 0. The van der Waals surface area contributed by atoms with Gasteiger partial charge in [0, 0.05) is 23.8 Å². The predicted octanol–water partition coefficient (Wildman–Crippen LogP) is 3.90.